The molecule has 0 radical (unpaired) electrons. The molecule has 0 saturated carbocycles. The third-order valence-electron chi connectivity index (χ3n) is 3.52. The van der Waals surface area contributed by atoms with Gasteiger partial charge in [0.15, 0.2) is 12.2 Å². The van der Waals surface area contributed by atoms with Crippen LogP contribution < -0.4 is 5.32 Å². The van der Waals surface area contributed by atoms with Gasteiger partial charge in [-0.15, -0.1) is 0 Å². The lowest BCUT2D eigenvalue weighted by molar-refractivity contribution is -0.149. The highest BCUT2D eigenvalue weighted by atomic mass is 16.3. The predicted octanol–water partition coefficient (Wildman–Crippen LogP) is 0.835. The van der Waals surface area contributed by atoms with Crippen LogP contribution in [0.15, 0.2) is 54.6 Å². The zero-order valence-corrected chi connectivity index (χ0v) is 14.5. The van der Waals surface area contributed by atoms with Crippen molar-refractivity contribution in [3.05, 3.63) is 65.7 Å². The van der Waals surface area contributed by atoms with Gasteiger partial charge >= 0.3 is 0 Å². The second kappa shape index (κ2) is 8.81. The van der Waals surface area contributed by atoms with E-state index in [1.165, 1.54) is 14.1 Å². The van der Waals surface area contributed by atoms with E-state index in [2.05, 4.69) is 17.2 Å². The Morgan fingerprint density at radius 3 is 2.19 bits per heavy atom. The molecule has 2 atom stereocenters. The van der Waals surface area contributed by atoms with Crippen LogP contribution in [0, 0.1) is 11.8 Å². The summed E-state index contributed by atoms with van der Waals surface area (Å²) in [5, 5.41) is 22.1. The number of carbonyl (C=O) groups excluding carboxylic acids is 2. The molecule has 6 nitrogen and oxygen atoms in total. The number of carbonyl (C=O) groups is 2. The van der Waals surface area contributed by atoms with E-state index in [9.17, 15) is 19.8 Å². The van der Waals surface area contributed by atoms with Gasteiger partial charge in [-0.05, 0) is 30.3 Å². The van der Waals surface area contributed by atoms with Crippen molar-refractivity contribution in [1.29, 1.82) is 0 Å². The zero-order chi connectivity index (χ0) is 19.1. The van der Waals surface area contributed by atoms with E-state index in [0.717, 1.165) is 10.5 Å². The number of anilines is 1. The Morgan fingerprint density at radius 1 is 0.923 bits per heavy atom. The van der Waals surface area contributed by atoms with Crippen LogP contribution in [0.2, 0.25) is 0 Å². The monoisotopic (exact) mass is 352 g/mol. The Labute approximate surface area is 152 Å². The van der Waals surface area contributed by atoms with Gasteiger partial charge in [-0.25, -0.2) is 0 Å². The van der Waals surface area contributed by atoms with E-state index in [1.54, 1.807) is 24.3 Å². The second-order valence-corrected chi connectivity index (χ2v) is 5.81. The van der Waals surface area contributed by atoms with Crippen LogP contribution in [0.3, 0.4) is 0 Å². The number of rotatable bonds is 4. The van der Waals surface area contributed by atoms with Gasteiger partial charge in [-0.2, -0.15) is 0 Å². The fourth-order valence-electron chi connectivity index (χ4n) is 2.10. The molecule has 26 heavy (non-hydrogen) atoms. The molecule has 0 spiro atoms. The van der Waals surface area contributed by atoms with E-state index in [4.69, 9.17) is 0 Å². The molecular formula is C20H20N2O4. The molecule has 6 heteroatoms. The highest BCUT2D eigenvalue weighted by molar-refractivity contribution is 5.98. The number of nitrogens with zero attached hydrogens (tertiary/aromatic N) is 1. The first-order valence-corrected chi connectivity index (χ1v) is 7.94. The molecule has 2 aromatic carbocycles. The summed E-state index contributed by atoms with van der Waals surface area (Å²) in [5.41, 5.74) is 1.94. The summed E-state index contributed by atoms with van der Waals surface area (Å²) in [5.74, 6) is 4.36. The number of aliphatic hydroxyl groups excluding tert-OH is 2. The summed E-state index contributed by atoms with van der Waals surface area (Å²) >= 11 is 0. The Bertz CT molecular complexity index is 838. The minimum absolute atomic E-state index is 0.401. The van der Waals surface area contributed by atoms with E-state index in [-0.39, 0.29) is 0 Å². The lowest BCUT2D eigenvalue weighted by Crippen LogP contribution is -2.47. The van der Waals surface area contributed by atoms with Crippen molar-refractivity contribution in [2.45, 2.75) is 12.2 Å². The molecule has 3 N–H and O–H groups in total. The fourth-order valence-corrected chi connectivity index (χ4v) is 2.10. The molecule has 134 valence electrons. The number of hydrogen-bond donors (Lipinski definition) is 3. The highest BCUT2D eigenvalue weighted by Crippen LogP contribution is 2.11. The third kappa shape index (κ3) is 5.18. The number of hydrogen-bond acceptors (Lipinski definition) is 4. The van der Waals surface area contributed by atoms with Gasteiger partial charge in [0.25, 0.3) is 11.8 Å². The number of amides is 2. The number of benzene rings is 2. The SMILES string of the molecule is CN(C)C(=O)[C@H](O)[C@@H](O)C(=O)Nc1cccc(C#Cc2ccccc2)c1. The van der Waals surface area contributed by atoms with Gasteiger partial charge in [0.05, 0.1) is 0 Å². The molecule has 0 heterocycles. The molecule has 0 aliphatic rings. The maximum atomic E-state index is 12.0. The second-order valence-electron chi connectivity index (χ2n) is 5.81. The highest BCUT2D eigenvalue weighted by Gasteiger charge is 2.31. The lowest BCUT2D eigenvalue weighted by Gasteiger charge is -2.20. The first-order chi connectivity index (χ1) is 12.4. The lowest BCUT2D eigenvalue weighted by atomic mass is 10.1. The van der Waals surface area contributed by atoms with E-state index in [1.807, 2.05) is 30.3 Å². The molecule has 2 amide bonds. The number of nitrogens with one attached hydrogen (secondary N) is 1. The molecule has 0 aliphatic heterocycles. The first kappa shape index (κ1) is 19.2. The summed E-state index contributed by atoms with van der Waals surface area (Å²) in [6.07, 6.45) is -3.70. The Hall–Kier alpha value is -3.14. The van der Waals surface area contributed by atoms with Gasteiger partial charge in [0, 0.05) is 30.9 Å². The van der Waals surface area contributed by atoms with Crippen molar-refractivity contribution < 1.29 is 19.8 Å². The Morgan fingerprint density at radius 2 is 1.54 bits per heavy atom. The van der Waals surface area contributed by atoms with E-state index < -0.39 is 24.0 Å². The quantitative estimate of drug-likeness (QED) is 0.711. The van der Waals surface area contributed by atoms with Gasteiger partial charge in [-0.1, -0.05) is 36.1 Å². The standard InChI is InChI=1S/C20H20N2O4/c1-22(2)20(26)18(24)17(23)19(25)21-16-10-6-9-15(13-16)12-11-14-7-4-3-5-8-14/h3-10,13,17-18,23-24H,1-2H3,(H,21,25)/t17-,18-/m1/s1. The third-order valence-corrected chi connectivity index (χ3v) is 3.52. The van der Waals surface area contributed by atoms with Crippen LogP contribution in [0.5, 0.6) is 0 Å². The summed E-state index contributed by atoms with van der Waals surface area (Å²) in [7, 11) is 2.84. The van der Waals surface area contributed by atoms with Gasteiger partial charge in [0.2, 0.25) is 0 Å². The van der Waals surface area contributed by atoms with Crippen LogP contribution in [-0.4, -0.2) is 53.2 Å². The largest absolute Gasteiger partial charge is 0.380 e. The minimum atomic E-state index is -1.87. The molecule has 0 fully saturated rings. The summed E-state index contributed by atoms with van der Waals surface area (Å²) in [6.45, 7) is 0. The minimum Gasteiger partial charge on any atom is -0.380 e. The molecule has 0 saturated heterocycles. The average Bonchev–Trinajstić information content (AvgIpc) is 2.65. The topological polar surface area (TPSA) is 89.9 Å². The Balaban J connectivity index is 2.07. The normalized spacial score (nSPS) is 12.3. The molecule has 0 aliphatic carbocycles. The number of aliphatic hydroxyl groups is 2. The maximum absolute atomic E-state index is 12.0. The van der Waals surface area contributed by atoms with Gasteiger partial charge in [-0.3, -0.25) is 9.59 Å². The molecular weight excluding hydrogens is 332 g/mol. The smallest absolute Gasteiger partial charge is 0.256 e. The van der Waals surface area contributed by atoms with Crippen LogP contribution in [0.1, 0.15) is 11.1 Å². The predicted molar refractivity (Wildman–Crippen MR) is 98.2 cm³/mol. The molecule has 0 bridgehead atoms. The van der Waals surface area contributed by atoms with Crippen LogP contribution in [-0.2, 0) is 9.59 Å². The van der Waals surface area contributed by atoms with Crippen molar-refractivity contribution in [2.24, 2.45) is 0 Å². The first-order valence-electron chi connectivity index (χ1n) is 7.94. The zero-order valence-electron chi connectivity index (χ0n) is 14.5. The summed E-state index contributed by atoms with van der Waals surface area (Å²) < 4.78 is 0. The molecule has 0 aromatic heterocycles. The van der Waals surface area contributed by atoms with Crippen LogP contribution >= 0.6 is 0 Å². The number of likely N-dealkylation sites (N-methyl/N-ethyl adjacent to an activating group) is 1. The molecule has 2 aromatic rings. The van der Waals surface area contributed by atoms with E-state index >= 15 is 0 Å². The summed E-state index contributed by atoms with van der Waals surface area (Å²) in [6, 6.07) is 16.2. The molecule has 2 rings (SSSR count). The van der Waals surface area contributed by atoms with Crippen molar-refractivity contribution in [3.63, 3.8) is 0 Å². The maximum Gasteiger partial charge on any atom is 0.256 e. The fraction of sp³-hybridized carbons (Fsp3) is 0.200. The van der Waals surface area contributed by atoms with Crippen molar-refractivity contribution >= 4 is 17.5 Å². The van der Waals surface area contributed by atoms with Crippen molar-refractivity contribution in [3.8, 4) is 11.8 Å². The van der Waals surface area contributed by atoms with E-state index in [0.29, 0.717) is 11.3 Å². The van der Waals surface area contributed by atoms with Crippen LogP contribution in [0.4, 0.5) is 5.69 Å². The Kier molecular flexibility index (Phi) is 6.50. The molecule has 0 unspecified atom stereocenters. The van der Waals surface area contributed by atoms with Crippen molar-refractivity contribution in [1.82, 2.24) is 4.90 Å². The van der Waals surface area contributed by atoms with Crippen molar-refractivity contribution in [2.75, 3.05) is 19.4 Å². The average molecular weight is 352 g/mol. The summed E-state index contributed by atoms with van der Waals surface area (Å²) in [4.78, 5) is 24.8. The van der Waals surface area contributed by atoms with Gasteiger partial charge in [0.1, 0.15) is 0 Å². The van der Waals surface area contributed by atoms with Crippen LogP contribution in [0.25, 0.3) is 0 Å². The van der Waals surface area contributed by atoms with Gasteiger partial charge < -0.3 is 20.4 Å².